The summed E-state index contributed by atoms with van der Waals surface area (Å²) in [6.45, 7) is 4.12. The van der Waals surface area contributed by atoms with Gasteiger partial charge in [0.25, 0.3) is 0 Å². The lowest BCUT2D eigenvalue weighted by molar-refractivity contribution is -0.131. The molecule has 2 aliphatic heterocycles. The van der Waals surface area contributed by atoms with Crippen LogP contribution in [0.4, 0.5) is 0 Å². The van der Waals surface area contributed by atoms with Crippen LogP contribution in [0, 0.1) is 0 Å². The predicted octanol–water partition coefficient (Wildman–Crippen LogP) is -0.366. The fourth-order valence-corrected chi connectivity index (χ4v) is 3.35. The molecule has 2 aromatic rings. The number of hydrogen-bond acceptors (Lipinski definition) is 7. The van der Waals surface area contributed by atoms with E-state index in [-0.39, 0.29) is 5.91 Å². The lowest BCUT2D eigenvalue weighted by atomic mass is 10.00. The molecule has 0 radical (unpaired) electrons. The molecule has 1 saturated heterocycles. The van der Waals surface area contributed by atoms with Gasteiger partial charge in [0.2, 0.25) is 5.91 Å². The van der Waals surface area contributed by atoms with Crippen LogP contribution in [0.3, 0.4) is 0 Å². The summed E-state index contributed by atoms with van der Waals surface area (Å²) in [5, 5.41) is 15.6. The van der Waals surface area contributed by atoms with Crippen molar-refractivity contribution in [1.29, 1.82) is 0 Å². The third-order valence-corrected chi connectivity index (χ3v) is 4.84. The lowest BCUT2D eigenvalue weighted by Gasteiger charge is -2.20. The minimum atomic E-state index is 0.117. The number of carbonyl (C=O) groups is 1. The van der Waals surface area contributed by atoms with Gasteiger partial charge in [-0.15, -0.1) is 5.10 Å². The van der Waals surface area contributed by atoms with Gasteiger partial charge in [-0.3, -0.25) is 4.79 Å². The molecule has 134 valence electrons. The van der Waals surface area contributed by atoms with Crippen LogP contribution in [0.15, 0.2) is 6.33 Å². The minimum absolute atomic E-state index is 0.117. The van der Waals surface area contributed by atoms with E-state index in [1.54, 1.807) is 4.68 Å². The maximum Gasteiger partial charge on any atom is 0.224 e. The fourth-order valence-electron chi connectivity index (χ4n) is 3.35. The number of aromatic nitrogens is 7. The van der Waals surface area contributed by atoms with Gasteiger partial charge in [-0.1, -0.05) is 0 Å². The van der Waals surface area contributed by atoms with Crippen LogP contribution in [0.2, 0.25) is 0 Å². The van der Waals surface area contributed by atoms with Gasteiger partial charge in [0, 0.05) is 45.1 Å². The van der Waals surface area contributed by atoms with E-state index in [4.69, 9.17) is 14.8 Å². The molecular formula is C15H22N8O2. The van der Waals surface area contributed by atoms with Crippen LogP contribution in [0.25, 0.3) is 0 Å². The summed E-state index contributed by atoms with van der Waals surface area (Å²) in [6, 6.07) is 0. The minimum Gasteiger partial charge on any atom is -0.381 e. The number of rotatable bonds is 4. The van der Waals surface area contributed by atoms with Gasteiger partial charge >= 0.3 is 0 Å². The average Bonchev–Trinajstić information content (AvgIpc) is 3.27. The monoisotopic (exact) mass is 346 g/mol. The van der Waals surface area contributed by atoms with Crippen LogP contribution in [-0.2, 0) is 29.0 Å². The Morgan fingerprint density at radius 1 is 1.24 bits per heavy atom. The van der Waals surface area contributed by atoms with Crippen molar-refractivity contribution in [3.63, 3.8) is 0 Å². The summed E-state index contributed by atoms with van der Waals surface area (Å²) in [4.78, 5) is 19.0. The molecule has 1 fully saturated rings. The highest BCUT2D eigenvalue weighted by atomic mass is 16.5. The Morgan fingerprint density at radius 2 is 2.12 bits per heavy atom. The van der Waals surface area contributed by atoms with Crippen LogP contribution >= 0.6 is 0 Å². The van der Waals surface area contributed by atoms with Gasteiger partial charge in [0.05, 0.1) is 13.1 Å². The first kappa shape index (κ1) is 16.1. The van der Waals surface area contributed by atoms with Crippen LogP contribution in [-0.4, -0.2) is 72.1 Å². The molecule has 25 heavy (non-hydrogen) atoms. The zero-order valence-electron chi connectivity index (χ0n) is 14.1. The molecule has 0 unspecified atom stereocenters. The molecule has 1 amide bonds. The molecule has 0 bridgehead atoms. The van der Waals surface area contributed by atoms with Gasteiger partial charge in [-0.25, -0.2) is 14.3 Å². The van der Waals surface area contributed by atoms with Crippen molar-refractivity contribution in [2.75, 3.05) is 26.3 Å². The zero-order valence-corrected chi connectivity index (χ0v) is 14.1. The van der Waals surface area contributed by atoms with Gasteiger partial charge in [0.1, 0.15) is 12.2 Å². The summed E-state index contributed by atoms with van der Waals surface area (Å²) in [7, 11) is 0. The molecule has 10 nitrogen and oxygen atoms in total. The van der Waals surface area contributed by atoms with E-state index < -0.39 is 0 Å². The number of aryl methyl sites for hydroxylation is 1. The molecule has 4 heterocycles. The summed E-state index contributed by atoms with van der Waals surface area (Å²) >= 11 is 0. The van der Waals surface area contributed by atoms with Gasteiger partial charge < -0.3 is 9.64 Å². The number of ether oxygens (including phenoxy) is 1. The largest absolute Gasteiger partial charge is 0.381 e. The first-order valence-corrected chi connectivity index (χ1v) is 8.79. The topological polar surface area (TPSA) is 104 Å². The Kier molecular flexibility index (Phi) is 4.68. The lowest BCUT2D eigenvalue weighted by Crippen LogP contribution is -2.34. The molecule has 0 aromatic carbocycles. The van der Waals surface area contributed by atoms with Crippen LogP contribution in [0.5, 0.6) is 0 Å². The maximum absolute atomic E-state index is 12.4. The number of tetrazole rings is 1. The number of amides is 1. The normalized spacial score (nSPS) is 18.8. The number of hydrogen-bond donors (Lipinski definition) is 0. The molecule has 2 aliphatic rings. The first-order valence-electron chi connectivity index (χ1n) is 8.79. The SMILES string of the molecule is O=C(CCn1cnnn1)N1CCc2nc(C3CCOCC3)nn2CC1. The second-order valence-corrected chi connectivity index (χ2v) is 6.45. The van der Waals surface area contributed by atoms with Crippen molar-refractivity contribution in [1.82, 2.24) is 39.9 Å². The molecule has 10 heteroatoms. The Hall–Kier alpha value is -2.36. The van der Waals surface area contributed by atoms with Crippen LogP contribution < -0.4 is 0 Å². The molecule has 0 saturated carbocycles. The van der Waals surface area contributed by atoms with E-state index in [0.29, 0.717) is 38.5 Å². The fraction of sp³-hybridized carbons (Fsp3) is 0.733. The average molecular weight is 346 g/mol. The highest BCUT2D eigenvalue weighted by molar-refractivity contribution is 5.76. The Balaban J connectivity index is 1.34. The molecule has 0 atom stereocenters. The van der Waals surface area contributed by atoms with Crippen molar-refractivity contribution in [3.05, 3.63) is 18.0 Å². The van der Waals surface area contributed by atoms with Crippen molar-refractivity contribution in [2.45, 2.75) is 44.7 Å². The van der Waals surface area contributed by atoms with Crippen molar-refractivity contribution in [3.8, 4) is 0 Å². The van der Waals surface area contributed by atoms with E-state index in [1.165, 1.54) is 6.33 Å². The molecule has 0 aliphatic carbocycles. The summed E-state index contributed by atoms with van der Waals surface area (Å²) in [6.07, 6.45) is 4.64. The highest BCUT2D eigenvalue weighted by Crippen LogP contribution is 2.25. The van der Waals surface area contributed by atoms with E-state index >= 15 is 0 Å². The number of nitrogens with zero attached hydrogens (tertiary/aromatic N) is 8. The smallest absolute Gasteiger partial charge is 0.224 e. The molecule has 0 spiro atoms. The van der Waals surface area contributed by atoms with E-state index in [0.717, 1.165) is 44.1 Å². The Morgan fingerprint density at radius 3 is 2.92 bits per heavy atom. The van der Waals surface area contributed by atoms with E-state index in [2.05, 4.69) is 15.5 Å². The number of carbonyl (C=O) groups excluding carboxylic acids is 1. The third kappa shape index (κ3) is 3.68. The molecule has 4 rings (SSSR count). The molecular weight excluding hydrogens is 324 g/mol. The van der Waals surface area contributed by atoms with Gasteiger partial charge in [0.15, 0.2) is 5.82 Å². The predicted molar refractivity (Wildman–Crippen MR) is 85.5 cm³/mol. The van der Waals surface area contributed by atoms with Gasteiger partial charge in [-0.05, 0) is 23.3 Å². The maximum atomic E-state index is 12.4. The standard InChI is InChI=1S/C15H22N8O2/c24-14(2-6-22-11-16-19-20-22)21-5-1-13-17-15(18-23(13)8-7-21)12-3-9-25-10-4-12/h11-12H,1-10H2. The Bertz CT molecular complexity index is 682. The highest BCUT2D eigenvalue weighted by Gasteiger charge is 2.25. The Labute approximate surface area is 145 Å². The molecule has 0 N–H and O–H groups in total. The molecule has 2 aromatic heterocycles. The van der Waals surface area contributed by atoms with Crippen LogP contribution in [0.1, 0.15) is 36.8 Å². The van der Waals surface area contributed by atoms with Crippen molar-refractivity contribution < 1.29 is 9.53 Å². The summed E-state index contributed by atoms with van der Waals surface area (Å²) < 4.78 is 8.96. The second kappa shape index (κ2) is 7.26. The summed E-state index contributed by atoms with van der Waals surface area (Å²) in [5.41, 5.74) is 0. The van der Waals surface area contributed by atoms with Gasteiger partial charge in [-0.2, -0.15) is 5.10 Å². The number of fused-ring (bicyclic) bond motifs is 1. The van der Waals surface area contributed by atoms with Crippen molar-refractivity contribution in [2.24, 2.45) is 0 Å². The van der Waals surface area contributed by atoms with Crippen molar-refractivity contribution >= 4 is 5.91 Å². The summed E-state index contributed by atoms with van der Waals surface area (Å²) in [5.74, 6) is 2.45. The quantitative estimate of drug-likeness (QED) is 0.744. The second-order valence-electron chi connectivity index (χ2n) is 6.45. The van der Waals surface area contributed by atoms with E-state index in [9.17, 15) is 4.79 Å². The zero-order chi connectivity index (χ0) is 17.1. The van der Waals surface area contributed by atoms with E-state index in [1.807, 2.05) is 9.58 Å². The third-order valence-electron chi connectivity index (χ3n) is 4.84. The first-order chi connectivity index (χ1) is 12.3.